The second-order valence-corrected chi connectivity index (χ2v) is 2.45. The highest BCUT2D eigenvalue weighted by Gasteiger charge is 1.98. The number of hydrogen-bond donors (Lipinski definition) is 1. The van der Waals surface area contributed by atoms with Crippen molar-refractivity contribution in [2.75, 3.05) is 5.73 Å². The summed E-state index contributed by atoms with van der Waals surface area (Å²) in [7, 11) is 0. The zero-order valence-corrected chi connectivity index (χ0v) is 6.15. The van der Waals surface area contributed by atoms with Gasteiger partial charge < -0.3 is 10.1 Å². The molecule has 0 bridgehead atoms. The van der Waals surface area contributed by atoms with Crippen LogP contribution in [0.5, 0.6) is 0 Å². The van der Waals surface area contributed by atoms with E-state index in [1.54, 1.807) is 12.5 Å². The van der Waals surface area contributed by atoms with Crippen LogP contribution < -0.4 is 5.73 Å². The molecule has 4 heteroatoms. The first kappa shape index (κ1) is 6.15. The van der Waals surface area contributed by atoms with Crippen molar-refractivity contribution in [3.8, 4) is 0 Å². The molecule has 0 saturated heterocycles. The third-order valence-electron chi connectivity index (χ3n) is 1.55. The number of rotatable bonds is 0. The van der Waals surface area contributed by atoms with Crippen LogP contribution in [0.25, 0.3) is 5.52 Å². The Morgan fingerprint density at radius 3 is 3.18 bits per heavy atom. The molecule has 0 radical (unpaired) electrons. The average molecular weight is 148 g/mol. The van der Waals surface area contributed by atoms with Crippen LogP contribution in [0.2, 0.25) is 0 Å². The van der Waals surface area contributed by atoms with Crippen LogP contribution in [0.1, 0.15) is 5.69 Å². The van der Waals surface area contributed by atoms with E-state index in [1.165, 1.54) is 0 Å². The summed E-state index contributed by atoms with van der Waals surface area (Å²) in [5.41, 5.74) is 7.38. The van der Waals surface area contributed by atoms with E-state index in [-0.39, 0.29) is 0 Å². The van der Waals surface area contributed by atoms with Crippen LogP contribution in [0.15, 0.2) is 18.7 Å². The fourth-order valence-corrected chi connectivity index (χ4v) is 1.08. The van der Waals surface area contributed by atoms with Crippen LogP contribution in [0.4, 0.5) is 5.82 Å². The second kappa shape index (κ2) is 1.95. The van der Waals surface area contributed by atoms with Crippen LogP contribution in [-0.2, 0) is 0 Å². The third-order valence-corrected chi connectivity index (χ3v) is 1.55. The first-order valence-corrected chi connectivity index (χ1v) is 3.32. The van der Waals surface area contributed by atoms with Gasteiger partial charge in [0.05, 0.1) is 18.2 Å². The molecular weight excluding hydrogens is 140 g/mol. The van der Waals surface area contributed by atoms with Crippen molar-refractivity contribution >= 4 is 11.3 Å². The van der Waals surface area contributed by atoms with E-state index in [4.69, 9.17) is 5.73 Å². The molecule has 4 nitrogen and oxygen atoms in total. The Balaban J connectivity index is 2.91. The summed E-state index contributed by atoms with van der Waals surface area (Å²) in [6.07, 6.45) is 5.29. The second-order valence-electron chi connectivity index (χ2n) is 2.45. The number of fused-ring (bicyclic) bond motifs is 1. The summed E-state index contributed by atoms with van der Waals surface area (Å²) in [6, 6.07) is 0. The SMILES string of the molecule is Cc1cn2cncc2c(N)n1. The number of hydrogen-bond acceptors (Lipinski definition) is 3. The van der Waals surface area contributed by atoms with Gasteiger partial charge in [-0.2, -0.15) is 0 Å². The molecule has 56 valence electrons. The summed E-state index contributed by atoms with van der Waals surface area (Å²) in [5.74, 6) is 0.530. The van der Waals surface area contributed by atoms with E-state index in [9.17, 15) is 0 Å². The van der Waals surface area contributed by atoms with E-state index in [0.717, 1.165) is 11.2 Å². The van der Waals surface area contributed by atoms with Gasteiger partial charge in [0.25, 0.3) is 0 Å². The number of nitrogens with two attached hydrogens (primary N) is 1. The molecule has 11 heavy (non-hydrogen) atoms. The molecule has 2 heterocycles. The Morgan fingerprint density at radius 2 is 2.36 bits per heavy atom. The maximum Gasteiger partial charge on any atom is 0.149 e. The molecule has 0 spiro atoms. The molecule has 0 aromatic carbocycles. The zero-order valence-electron chi connectivity index (χ0n) is 6.15. The zero-order chi connectivity index (χ0) is 7.84. The van der Waals surface area contributed by atoms with E-state index in [0.29, 0.717) is 5.82 Å². The van der Waals surface area contributed by atoms with E-state index >= 15 is 0 Å². The van der Waals surface area contributed by atoms with Crippen LogP contribution in [-0.4, -0.2) is 14.4 Å². The number of anilines is 1. The van der Waals surface area contributed by atoms with E-state index < -0.39 is 0 Å². The van der Waals surface area contributed by atoms with Gasteiger partial charge in [0.2, 0.25) is 0 Å². The van der Waals surface area contributed by atoms with Crippen molar-refractivity contribution < 1.29 is 0 Å². The summed E-state index contributed by atoms with van der Waals surface area (Å²) in [5, 5.41) is 0. The molecule has 0 fully saturated rings. The maximum absolute atomic E-state index is 5.63. The predicted octanol–water partition coefficient (Wildman–Crippen LogP) is 0.620. The summed E-state index contributed by atoms with van der Waals surface area (Å²) >= 11 is 0. The van der Waals surface area contributed by atoms with Gasteiger partial charge in [-0.15, -0.1) is 0 Å². The van der Waals surface area contributed by atoms with Crippen molar-refractivity contribution in [3.63, 3.8) is 0 Å². The number of aryl methyl sites for hydroxylation is 1. The smallest absolute Gasteiger partial charge is 0.149 e. The summed E-state index contributed by atoms with van der Waals surface area (Å²) in [4.78, 5) is 8.04. The molecule has 2 N–H and O–H groups in total. The van der Waals surface area contributed by atoms with Crippen LogP contribution >= 0.6 is 0 Å². The topological polar surface area (TPSA) is 56.2 Å². The predicted molar refractivity (Wildman–Crippen MR) is 42.1 cm³/mol. The van der Waals surface area contributed by atoms with Gasteiger partial charge in [-0.3, -0.25) is 0 Å². The third kappa shape index (κ3) is 0.832. The fourth-order valence-electron chi connectivity index (χ4n) is 1.08. The Morgan fingerprint density at radius 1 is 1.55 bits per heavy atom. The molecule has 2 aromatic heterocycles. The molecule has 0 aliphatic rings. The molecule has 0 aliphatic carbocycles. The van der Waals surface area contributed by atoms with Gasteiger partial charge in [0.15, 0.2) is 0 Å². The Kier molecular flexibility index (Phi) is 1.09. The minimum absolute atomic E-state index is 0.530. The standard InChI is InChI=1S/C7H8N4/c1-5-3-11-4-9-2-6(11)7(8)10-5/h2-4H,1H3,(H2,8,10). The Labute approximate surface area is 63.7 Å². The lowest BCUT2D eigenvalue weighted by Crippen LogP contribution is -1.96. The number of imidazole rings is 1. The van der Waals surface area contributed by atoms with Crippen LogP contribution in [0.3, 0.4) is 0 Å². The van der Waals surface area contributed by atoms with E-state index in [1.807, 2.05) is 17.5 Å². The number of nitrogens with zero attached hydrogens (tertiary/aromatic N) is 3. The maximum atomic E-state index is 5.63. The van der Waals surface area contributed by atoms with E-state index in [2.05, 4.69) is 9.97 Å². The largest absolute Gasteiger partial charge is 0.382 e. The van der Waals surface area contributed by atoms with Gasteiger partial charge in [0, 0.05) is 6.20 Å². The van der Waals surface area contributed by atoms with Gasteiger partial charge >= 0.3 is 0 Å². The van der Waals surface area contributed by atoms with Gasteiger partial charge in [-0.1, -0.05) is 0 Å². The lowest BCUT2D eigenvalue weighted by atomic mass is 10.4. The molecule has 0 unspecified atom stereocenters. The van der Waals surface area contributed by atoms with Gasteiger partial charge in [0.1, 0.15) is 11.3 Å². The van der Waals surface area contributed by atoms with Crippen molar-refractivity contribution in [2.24, 2.45) is 0 Å². The normalized spacial score (nSPS) is 10.6. The molecule has 0 saturated carbocycles. The first-order chi connectivity index (χ1) is 5.27. The van der Waals surface area contributed by atoms with Crippen molar-refractivity contribution in [1.82, 2.24) is 14.4 Å². The van der Waals surface area contributed by atoms with Gasteiger partial charge in [-0.25, -0.2) is 9.97 Å². The van der Waals surface area contributed by atoms with Crippen molar-refractivity contribution in [3.05, 3.63) is 24.4 Å². The molecule has 0 atom stereocenters. The monoisotopic (exact) mass is 148 g/mol. The lowest BCUT2D eigenvalue weighted by Gasteiger charge is -1.98. The number of nitrogen functional groups attached to an aromatic ring is 1. The highest BCUT2D eigenvalue weighted by molar-refractivity contribution is 5.63. The Hall–Kier alpha value is -1.58. The average Bonchev–Trinajstić information content (AvgIpc) is 2.34. The Bertz CT molecular complexity index is 390. The fraction of sp³-hybridized carbons (Fsp3) is 0.143. The lowest BCUT2D eigenvalue weighted by molar-refractivity contribution is 1.07. The summed E-state index contributed by atoms with van der Waals surface area (Å²) in [6.45, 7) is 1.90. The molecule has 0 aliphatic heterocycles. The van der Waals surface area contributed by atoms with Crippen molar-refractivity contribution in [2.45, 2.75) is 6.92 Å². The molecule has 2 rings (SSSR count). The van der Waals surface area contributed by atoms with Gasteiger partial charge in [-0.05, 0) is 6.92 Å². The minimum Gasteiger partial charge on any atom is -0.382 e. The van der Waals surface area contributed by atoms with Crippen molar-refractivity contribution in [1.29, 1.82) is 0 Å². The highest BCUT2D eigenvalue weighted by atomic mass is 15.0. The molecule has 0 amide bonds. The highest BCUT2D eigenvalue weighted by Crippen LogP contribution is 2.09. The molecule has 2 aromatic rings. The quantitative estimate of drug-likeness (QED) is 0.595. The van der Waals surface area contributed by atoms with Crippen LogP contribution in [0, 0.1) is 6.92 Å². The minimum atomic E-state index is 0.530. The first-order valence-electron chi connectivity index (χ1n) is 3.32. The summed E-state index contributed by atoms with van der Waals surface area (Å²) < 4.78 is 1.86. The number of aromatic nitrogens is 3. The molecular formula is C7H8N4.